The van der Waals surface area contributed by atoms with Crippen molar-refractivity contribution in [2.24, 2.45) is 0 Å². The number of hydrogen-bond acceptors (Lipinski definition) is 9. The highest BCUT2D eigenvalue weighted by Crippen LogP contribution is 2.32. The first-order valence-electron chi connectivity index (χ1n) is 12.2. The second kappa shape index (κ2) is 10.6. The largest absolute Gasteiger partial charge is 0.454 e. The first-order valence-corrected chi connectivity index (χ1v) is 13.1. The van der Waals surface area contributed by atoms with Gasteiger partial charge in [-0.05, 0) is 41.6 Å². The number of nitrogens with one attached hydrogen (secondary N) is 1. The molecule has 0 radical (unpaired) electrons. The van der Waals surface area contributed by atoms with Crippen LogP contribution in [0.5, 0.6) is 11.5 Å². The number of rotatable bonds is 8. The van der Waals surface area contributed by atoms with E-state index < -0.39 is 0 Å². The fourth-order valence-corrected chi connectivity index (χ4v) is 5.33. The number of thiophene rings is 1. The van der Waals surface area contributed by atoms with E-state index in [4.69, 9.17) is 14.5 Å². The van der Waals surface area contributed by atoms with Crippen LogP contribution in [-0.2, 0) is 17.8 Å². The summed E-state index contributed by atoms with van der Waals surface area (Å²) in [7, 11) is 0. The Balaban J connectivity index is 1.17. The fourth-order valence-electron chi connectivity index (χ4n) is 4.63. The predicted octanol–water partition coefficient (Wildman–Crippen LogP) is 2.50. The summed E-state index contributed by atoms with van der Waals surface area (Å²) in [5, 5.41) is 5.24. The molecule has 0 aliphatic carbocycles. The van der Waals surface area contributed by atoms with Gasteiger partial charge in [0.1, 0.15) is 18.2 Å². The molecular weight excluding hydrogens is 490 g/mol. The minimum Gasteiger partial charge on any atom is -0.454 e. The number of nitrogens with zero attached hydrogens (tertiary/aromatic N) is 6. The lowest BCUT2D eigenvalue weighted by atomic mass is 10.1. The number of amides is 1. The molecule has 10 nitrogen and oxygen atoms in total. The quantitative estimate of drug-likeness (QED) is 0.381. The van der Waals surface area contributed by atoms with Crippen LogP contribution in [0, 0.1) is 0 Å². The molecule has 5 heterocycles. The zero-order valence-corrected chi connectivity index (χ0v) is 21.0. The van der Waals surface area contributed by atoms with E-state index in [2.05, 4.69) is 42.6 Å². The molecule has 1 saturated heterocycles. The first kappa shape index (κ1) is 23.4. The molecule has 3 aromatic heterocycles. The molecule has 1 unspecified atom stereocenters. The predicted molar refractivity (Wildman–Crippen MR) is 139 cm³/mol. The van der Waals surface area contributed by atoms with Gasteiger partial charge in [-0.15, -0.1) is 11.3 Å². The Morgan fingerprint density at radius 3 is 2.95 bits per heavy atom. The number of carbonyl (C=O) groups excluding carboxylic acids is 1. The Kier molecular flexibility index (Phi) is 6.70. The van der Waals surface area contributed by atoms with Gasteiger partial charge in [-0.1, -0.05) is 12.1 Å². The number of piperazine rings is 1. The Hall–Kier alpha value is -3.96. The molecule has 0 saturated carbocycles. The van der Waals surface area contributed by atoms with Crippen molar-refractivity contribution in [1.29, 1.82) is 0 Å². The van der Waals surface area contributed by atoms with Crippen LogP contribution in [0.2, 0.25) is 0 Å². The number of benzene rings is 1. The van der Waals surface area contributed by atoms with Gasteiger partial charge in [-0.25, -0.2) is 9.97 Å². The van der Waals surface area contributed by atoms with Crippen molar-refractivity contribution < 1.29 is 14.3 Å². The SMILES string of the molecule is O=C(NCc1ccc2c(c1)OCO2)C1CN(c2ccnc(-n3ccnc3)n2)CCN1CCc1cccs1. The fraction of sp³-hybridized carbons (Fsp3) is 0.308. The molecule has 190 valence electrons. The van der Waals surface area contributed by atoms with E-state index in [1.807, 2.05) is 30.5 Å². The van der Waals surface area contributed by atoms with Gasteiger partial charge >= 0.3 is 0 Å². The van der Waals surface area contributed by atoms with Crippen LogP contribution in [0.25, 0.3) is 5.95 Å². The topological polar surface area (TPSA) is 97.6 Å². The lowest BCUT2D eigenvalue weighted by molar-refractivity contribution is -0.126. The lowest BCUT2D eigenvalue weighted by Gasteiger charge is -2.41. The molecule has 11 heteroatoms. The van der Waals surface area contributed by atoms with Crippen molar-refractivity contribution in [2.75, 3.05) is 37.9 Å². The maximum absolute atomic E-state index is 13.5. The van der Waals surface area contributed by atoms with Gasteiger partial charge in [0.2, 0.25) is 18.6 Å². The van der Waals surface area contributed by atoms with Crippen LogP contribution in [0.15, 0.2) is 66.7 Å². The molecule has 0 bridgehead atoms. The van der Waals surface area contributed by atoms with Crippen LogP contribution in [0.3, 0.4) is 0 Å². The van der Waals surface area contributed by atoms with Crippen molar-refractivity contribution in [3.63, 3.8) is 0 Å². The number of aromatic nitrogens is 4. The molecule has 6 rings (SSSR count). The summed E-state index contributed by atoms with van der Waals surface area (Å²) in [6.07, 6.45) is 7.85. The minimum absolute atomic E-state index is 0.00237. The maximum atomic E-state index is 13.5. The number of carbonyl (C=O) groups is 1. The molecule has 1 amide bonds. The highest BCUT2D eigenvalue weighted by atomic mass is 32.1. The Morgan fingerprint density at radius 1 is 1.14 bits per heavy atom. The van der Waals surface area contributed by atoms with E-state index >= 15 is 0 Å². The van der Waals surface area contributed by atoms with Crippen molar-refractivity contribution >= 4 is 23.1 Å². The van der Waals surface area contributed by atoms with E-state index in [0.29, 0.717) is 24.8 Å². The number of imidazole rings is 1. The van der Waals surface area contributed by atoms with Gasteiger partial charge in [0, 0.05) is 56.2 Å². The molecule has 1 aromatic carbocycles. The van der Waals surface area contributed by atoms with Crippen LogP contribution in [0.4, 0.5) is 5.82 Å². The third kappa shape index (κ3) is 5.27. The minimum atomic E-state index is -0.311. The smallest absolute Gasteiger partial charge is 0.239 e. The number of ether oxygens (including phenoxy) is 2. The van der Waals surface area contributed by atoms with E-state index in [-0.39, 0.29) is 18.7 Å². The molecule has 4 aromatic rings. The molecule has 37 heavy (non-hydrogen) atoms. The van der Waals surface area contributed by atoms with Gasteiger partial charge < -0.3 is 19.7 Å². The average molecular weight is 518 g/mol. The van der Waals surface area contributed by atoms with Crippen LogP contribution < -0.4 is 19.7 Å². The first-order chi connectivity index (χ1) is 18.2. The van der Waals surface area contributed by atoms with Crippen molar-refractivity contribution in [1.82, 2.24) is 29.7 Å². The third-order valence-electron chi connectivity index (χ3n) is 6.61. The van der Waals surface area contributed by atoms with E-state index in [9.17, 15) is 4.79 Å². The zero-order valence-electron chi connectivity index (χ0n) is 20.2. The number of fused-ring (bicyclic) bond motifs is 1. The molecule has 1 N–H and O–H groups in total. The summed E-state index contributed by atoms with van der Waals surface area (Å²) in [5.41, 5.74) is 0.969. The van der Waals surface area contributed by atoms with Gasteiger partial charge in [-0.2, -0.15) is 4.98 Å². The van der Waals surface area contributed by atoms with E-state index in [0.717, 1.165) is 43.2 Å². The Labute approximate surface area is 218 Å². The lowest BCUT2D eigenvalue weighted by Crippen LogP contribution is -2.59. The second-order valence-electron chi connectivity index (χ2n) is 8.92. The van der Waals surface area contributed by atoms with E-state index in [1.54, 1.807) is 34.6 Å². The zero-order chi connectivity index (χ0) is 25.0. The molecule has 2 aliphatic heterocycles. The summed E-state index contributed by atoms with van der Waals surface area (Å²) < 4.78 is 12.6. The average Bonchev–Trinajstić information content (AvgIpc) is 3.73. The molecule has 1 atom stereocenters. The Bertz CT molecular complexity index is 1350. The van der Waals surface area contributed by atoms with Crippen molar-refractivity contribution in [2.45, 2.75) is 19.0 Å². The molecule has 0 spiro atoms. The summed E-state index contributed by atoms with van der Waals surface area (Å²) >= 11 is 1.75. The second-order valence-corrected chi connectivity index (χ2v) is 9.95. The van der Waals surface area contributed by atoms with Gasteiger partial charge in [0.15, 0.2) is 11.5 Å². The maximum Gasteiger partial charge on any atom is 0.239 e. The standard InChI is InChI=1S/C26H27N7O3S/c34-25(29-15-19-3-4-22-23(14-19)36-18-35-22)21-16-32(12-11-31(21)9-6-20-2-1-13-37-20)24-5-7-28-26(30-24)33-10-8-27-17-33/h1-5,7-8,10,13-14,17,21H,6,9,11-12,15-16,18H2,(H,29,34). The van der Waals surface area contributed by atoms with Crippen LogP contribution in [-0.4, -0.2) is 69.3 Å². The Morgan fingerprint density at radius 2 is 2.08 bits per heavy atom. The third-order valence-corrected chi connectivity index (χ3v) is 7.55. The highest BCUT2D eigenvalue weighted by molar-refractivity contribution is 7.09. The summed E-state index contributed by atoms with van der Waals surface area (Å²) in [6.45, 7) is 3.55. The molecule has 1 fully saturated rings. The number of anilines is 1. The van der Waals surface area contributed by atoms with Gasteiger partial charge in [0.05, 0.1) is 0 Å². The molecule has 2 aliphatic rings. The summed E-state index contributed by atoms with van der Waals surface area (Å²) in [6, 6.07) is 11.6. The summed E-state index contributed by atoms with van der Waals surface area (Å²) in [4.78, 5) is 32.5. The van der Waals surface area contributed by atoms with Crippen molar-refractivity contribution in [3.05, 3.63) is 77.1 Å². The summed E-state index contributed by atoms with van der Waals surface area (Å²) in [5.74, 6) is 2.80. The number of hydrogen-bond donors (Lipinski definition) is 1. The normalized spacial score (nSPS) is 17.2. The highest BCUT2D eigenvalue weighted by Gasteiger charge is 2.33. The van der Waals surface area contributed by atoms with Crippen molar-refractivity contribution in [3.8, 4) is 17.4 Å². The van der Waals surface area contributed by atoms with Crippen LogP contribution in [0.1, 0.15) is 10.4 Å². The van der Waals surface area contributed by atoms with Gasteiger partial charge in [0.25, 0.3) is 0 Å². The van der Waals surface area contributed by atoms with E-state index in [1.165, 1.54) is 4.88 Å². The molecular formula is C26H27N7O3S. The van der Waals surface area contributed by atoms with Gasteiger partial charge in [-0.3, -0.25) is 14.3 Å². The monoisotopic (exact) mass is 517 g/mol. The van der Waals surface area contributed by atoms with Crippen LogP contribution >= 0.6 is 11.3 Å².